The fourth-order valence-corrected chi connectivity index (χ4v) is 1.22. The van der Waals surface area contributed by atoms with Crippen molar-refractivity contribution in [2.45, 2.75) is 13.5 Å². The Morgan fingerprint density at radius 3 is 3.00 bits per heavy atom. The minimum absolute atomic E-state index is 0.606. The molecule has 9 heavy (non-hydrogen) atoms. The Kier molecular flexibility index (Phi) is 2.19. The standard InChI is InChI=1S/C6H8NOS/c1-5-4-9-6(7-5)3-8-2/h3H2,1-2H3. The SMILES string of the molecule is COCc1nc(C)[c]s1. The molecule has 0 spiro atoms. The largest absolute Gasteiger partial charge is 0.378 e. The van der Waals surface area contributed by atoms with E-state index in [9.17, 15) is 0 Å². The van der Waals surface area contributed by atoms with Gasteiger partial charge in [-0.2, -0.15) is 0 Å². The van der Waals surface area contributed by atoms with Crippen molar-refractivity contribution in [3.63, 3.8) is 0 Å². The van der Waals surface area contributed by atoms with Crippen molar-refractivity contribution in [3.8, 4) is 0 Å². The summed E-state index contributed by atoms with van der Waals surface area (Å²) in [5, 5.41) is 4.00. The van der Waals surface area contributed by atoms with Gasteiger partial charge in [0, 0.05) is 7.11 Å². The van der Waals surface area contributed by atoms with E-state index in [1.54, 1.807) is 7.11 Å². The molecule has 0 bridgehead atoms. The maximum absolute atomic E-state index is 4.87. The van der Waals surface area contributed by atoms with Crippen LogP contribution in [0.2, 0.25) is 0 Å². The molecule has 1 heterocycles. The van der Waals surface area contributed by atoms with Gasteiger partial charge in [0.1, 0.15) is 5.01 Å². The third-order valence-corrected chi connectivity index (χ3v) is 1.72. The molecule has 0 atom stereocenters. The van der Waals surface area contributed by atoms with Crippen LogP contribution < -0.4 is 0 Å². The van der Waals surface area contributed by atoms with Crippen molar-refractivity contribution >= 4 is 11.3 Å². The third-order valence-electron chi connectivity index (χ3n) is 0.877. The summed E-state index contributed by atoms with van der Waals surface area (Å²) in [5.41, 5.74) is 0.951. The normalized spacial score (nSPS) is 10.0. The average Bonchev–Trinajstić information content (AvgIpc) is 2.17. The molecule has 0 aliphatic carbocycles. The topological polar surface area (TPSA) is 22.1 Å². The Morgan fingerprint density at radius 2 is 2.56 bits per heavy atom. The maximum atomic E-state index is 4.87. The Balaban J connectivity index is 2.61. The summed E-state index contributed by atoms with van der Waals surface area (Å²) in [6, 6.07) is 0. The zero-order valence-electron chi connectivity index (χ0n) is 5.47. The van der Waals surface area contributed by atoms with Crippen LogP contribution in [0.1, 0.15) is 10.7 Å². The van der Waals surface area contributed by atoms with Gasteiger partial charge in [0.15, 0.2) is 0 Å². The monoisotopic (exact) mass is 142 g/mol. The molecule has 3 heteroatoms. The first-order valence-electron chi connectivity index (χ1n) is 2.66. The van der Waals surface area contributed by atoms with E-state index >= 15 is 0 Å². The van der Waals surface area contributed by atoms with E-state index in [1.807, 2.05) is 6.92 Å². The van der Waals surface area contributed by atoms with Crippen LogP contribution in [0.15, 0.2) is 0 Å². The van der Waals surface area contributed by atoms with E-state index in [0.717, 1.165) is 10.7 Å². The van der Waals surface area contributed by atoms with Crippen LogP contribution in [-0.2, 0) is 11.3 Å². The van der Waals surface area contributed by atoms with Gasteiger partial charge in [-0.05, 0) is 6.92 Å². The van der Waals surface area contributed by atoms with Crippen LogP contribution in [0.3, 0.4) is 0 Å². The van der Waals surface area contributed by atoms with Crippen LogP contribution in [0.5, 0.6) is 0 Å². The molecule has 0 N–H and O–H groups in total. The molecule has 49 valence electrons. The summed E-state index contributed by atoms with van der Waals surface area (Å²) in [7, 11) is 1.66. The summed E-state index contributed by atoms with van der Waals surface area (Å²) in [6.07, 6.45) is 0. The first kappa shape index (κ1) is 6.71. The molecule has 1 rings (SSSR count). The molecule has 0 saturated heterocycles. The number of aryl methyl sites for hydroxylation is 1. The minimum atomic E-state index is 0.606. The number of ether oxygens (including phenoxy) is 1. The van der Waals surface area contributed by atoms with Crippen LogP contribution >= 0.6 is 11.3 Å². The highest BCUT2D eigenvalue weighted by atomic mass is 32.1. The van der Waals surface area contributed by atoms with Crippen LogP contribution in [0, 0.1) is 12.3 Å². The molecule has 2 nitrogen and oxygen atoms in total. The van der Waals surface area contributed by atoms with E-state index in [0.29, 0.717) is 6.61 Å². The van der Waals surface area contributed by atoms with E-state index in [1.165, 1.54) is 11.3 Å². The first-order valence-corrected chi connectivity index (χ1v) is 3.47. The molecule has 0 saturated carbocycles. The number of hydrogen-bond donors (Lipinski definition) is 0. The van der Waals surface area contributed by atoms with Gasteiger partial charge in [0.25, 0.3) is 0 Å². The number of methoxy groups -OCH3 is 1. The Bertz CT molecular complexity index is 185. The lowest BCUT2D eigenvalue weighted by Gasteiger charge is -1.88. The molecule has 0 fully saturated rings. The maximum Gasteiger partial charge on any atom is 0.119 e. The highest BCUT2D eigenvalue weighted by Gasteiger charge is 1.95. The van der Waals surface area contributed by atoms with Crippen molar-refractivity contribution in [3.05, 3.63) is 16.1 Å². The lowest BCUT2D eigenvalue weighted by Crippen LogP contribution is -1.84. The van der Waals surface area contributed by atoms with E-state index < -0.39 is 0 Å². The van der Waals surface area contributed by atoms with Gasteiger partial charge < -0.3 is 4.74 Å². The van der Waals surface area contributed by atoms with E-state index in [2.05, 4.69) is 10.4 Å². The molecular formula is C6H8NOS. The molecule has 1 radical (unpaired) electrons. The quantitative estimate of drug-likeness (QED) is 0.622. The van der Waals surface area contributed by atoms with Gasteiger partial charge in [-0.3, -0.25) is 0 Å². The fourth-order valence-electron chi connectivity index (χ4n) is 0.551. The third kappa shape index (κ3) is 1.77. The fraction of sp³-hybridized carbons (Fsp3) is 0.500. The molecule has 0 amide bonds. The average molecular weight is 142 g/mol. The smallest absolute Gasteiger partial charge is 0.119 e. The first-order chi connectivity index (χ1) is 4.33. The predicted octanol–water partition coefficient (Wildman–Crippen LogP) is 1.40. The molecule has 0 aliphatic rings. The van der Waals surface area contributed by atoms with Crippen LogP contribution in [0.4, 0.5) is 0 Å². The highest BCUT2D eigenvalue weighted by Crippen LogP contribution is 2.07. The van der Waals surface area contributed by atoms with Gasteiger partial charge in [-0.1, -0.05) is 0 Å². The number of nitrogens with zero attached hydrogens (tertiary/aromatic N) is 1. The lowest BCUT2D eigenvalue weighted by atomic mass is 10.6. The predicted molar refractivity (Wildman–Crippen MR) is 36.4 cm³/mol. The van der Waals surface area contributed by atoms with Gasteiger partial charge in [-0.15, -0.1) is 11.3 Å². The second-order valence-electron chi connectivity index (χ2n) is 1.73. The Labute approximate surface area is 58.5 Å². The Hall–Kier alpha value is -0.410. The van der Waals surface area contributed by atoms with Crippen molar-refractivity contribution in [1.82, 2.24) is 4.98 Å². The van der Waals surface area contributed by atoms with Crippen molar-refractivity contribution in [2.75, 3.05) is 7.11 Å². The highest BCUT2D eigenvalue weighted by molar-refractivity contribution is 7.09. The molecule has 1 aromatic heterocycles. The van der Waals surface area contributed by atoms with Gasteiger partial charge in [0.2, 0.25) is 0 Å². The number of hydrogen-bond acceptors (Lipinski definition) is 3. The number of rotatable bonds is 2. The van der Waals surface area contributed by atoms with Crippen LogP contribution in [-0.4, -0.2) is 12.1 Å². The molecular weight excluding hydrogens is 134 g/mol. The van der Waals surface area contributed by atoms with Crippen LogP contribution in [0.25, 0.3) is 0 Å². The zero-order valence-corrected chi connectivity index (χ0v) is 6.29. The molecule has 0 unspecified atom stereocenters. The summed E-state index contributed by atoms with van der Waals surface area (Å²) in [6.45, 7) is 2.53. The zero-order chi connectivity index (χ0) is 6.69. The molecule has 0 aromatic carbocycles. The second-order valence-corrected chi connectivity index (χ2v) is 2.61. The summed E-state index contributed by atoms with van der Waals surface area (Å²) >= 11 is 1.51. The van der Waals surface area contributed by atoms with Crippen molar-refractivity contribution in [1.29, 1.82) is 0 Å². The summed E-state index contributed by atoms with van der Waals surface area (Å²) in [4.78, 5) is 4.14. The van der Waals surface area contributed by atoms with Gasteiger partial charge >= 0.3 is 0 Å². The molecule has 1 aromatic rings. The van der Waals surface area contributed by atoms with Crippen molar-refractivity contribution in [2.24, 2.45) is 0 Å². The number of aromatic nitrogens is 1. The minimum Gasteiger partial charge on any atom is -0.378 e. The van der Waals surface area contributed by atoms with Crippen molar-refractivity contribution < 1.29 is 4.74 Å². The van der Waals surface area contributed by atoms with E-state index in [4.69, 9.17) is 4.74 Å². The summed E-state index contributed by atoms with van der Waals surface area (Å²) in [5.74, 6) is 0. The Morgan fingerprint density at radius 1 is 1.78 bits per heavy atom. The van der Waals surface area contributed by atoms with Gasteiger partial charge in [-0.25, -0.2) is 4.98 Å². The summed E-state index contributed by atoms with van der Waals surface area (Å²) < 4.78 is 4.87. The number of thiazole rings is 1. The molecule has 0 aliphatic heterocycles. The lowest BCUT2D eigenvalue weighted by molar-refractivity contribution is 0.184. The second kappa shape index (κ2) is 2.94. The van der Waals surface area contributed by atoms with Gasteiger partial charge in [0.05, 0.1) is 17.7 Å². The van der Waals surface area contributed by atoms with E-state index in [-0.39, 0.29) is 0 Å².